The number of aliphatic imine (C=N–C) groups is 2. The van der Waals surface area contributed by atoms with E-state index in [1.165, 1.54) is 0 Å². The van der Waals surface area contributed by atoms with Crippen molar-refractivity contribution in [2.45, 2.75) is 0 Å². The lowest BCUT2D eigenvalue weighted by atomic mass is 10.4. The number of hydrogen-bond acceptors (Lipinski definition) is 3. The van der Waals surface area contributed by atoms with Gasteiger partial charge in [0.25, 0.3) is 0 Å². The van der Waals surface area contributed by atoms with E-state index in [0.717, 1.165) is 11.5 Å². The van der Waals surface area contributed by atoms with E-state index >= 15 is 0 Å². The van der Waals surface area contributed by atoms with Gasteiger partial charge in [-0.3, -0.25) is 4.99 Å². The van der Waals surface area contributed by atoms with Crippen molar-refractivity contribution in [2.75, 3.05) is 6.54 Å². The second-order valence-corrected chi connectivity index (χ2v) is 1.94. The SMILES string of the molecule is C1=NC(c2cnc[nH]2)=NC1. The van der Waals surface area contributed by atoms with Crippen LogP contribution in [0.2, 0.25) is 0 Å². The van der Waals surface area contributed by atoms with Gasteiger partial charge in [0.15, 0.2) is 5.84 Å². The van der Waals surface area contributed by atoms with Crippen LogP contribution >= 0.6 is 0 Å². The minimum Gasteiger partial charge on any atom is -0.342 e. The van der Waals surface area contributed by atoms with Crippen molar-refractivity contribution < 1.29 is 0 Å². The Morgan fingerprint density at radius 1 is 1.50 bits per heavy atom. The molecule has 0 amide bonds. The smallest absolute Gasteiger partial charge is 0.173 e. The summed E-state index contributed by atoms with van der Waals surface area (Å²) < 4.78 is 0. The van der Waals surface area contributed by atoms with Crippen molar-refractivity contribution >= 4 is 12.1 Å². The first kappa shape index (κ1) is 5.34. The average molecular weight is 134 g/mol. The average Bonchev–Trinajstić information content (AvgIpc) is 2.59. The maximum atomic E-state index is 4.10. The van der Waals surface area contributed by atoms with Gasteiger partial charge in [0.05, 0.1) is 19.1 Å². The van der Waals surface area contributed by atoms with Gasteiger partial charge in [-0.15, -0.1) is 0 Å². The van der Waals surface area contributed by atoms with E-state index in [1.807, 2.05) is 0 Å². The maximum absolute atomic E-state index is 4.10. The molecule has 0 unspecified atom stereocenters. The Hall–Kier alpha value is -1.45. The Bertz CT molecular complexity index is 270. The highest BCUT2D eigenvalue weighted by molar-refractivity contribution is 6.04. The van der Waals surface area contributed by atoms with Crippen molar-refractivity contribution in [3.8, 4) is 0 Å². The van der Waals surface area contributed by atoms with Crippen molar-refractivity contribution in [3.63, 3.8) is 0 Å². The summed E-state index contributed by atoms with van der Waals surface area (Å²) in [4.78, 5) is 14.9. The Labute approximate surface area is 57.7 Å². The molecule has 4 nitrogen and oxygen atoms in total. The van der Waals surface area contributed by atoms with Crippen LogP contribution in [0.1, 0.15) is 5.69 Å². The third-order valence-corrected chi connectivity index (χ3v) is 1.28. The van der Waals surface area contributed by atoms with E-state index in [1.54, 1.807) is 18.7 Å². The van der Waals surface area contributed by atoms with E-state index in [2.05, 4.69) is 20.0 Å². The molecule has 0 aliphatic carbocycles. The van der Waals surface area contributed by atoms with Crippen molar-refractivity contribution in [1.29, 1.82) is 0 Å². The first-order chi connectivity index (χ1) is 4.97. The lowest BCUT2D eigenvalue weighted by Crippen LogP contribution is -1.92. The Morgan fingerprint density at radius 2 is 2.50 bits per heavy atom. The predicted octanol–water partition coefficient (Wildman–Crippen LogP) is 0.241. The van der Waals surface area contributed by atoms with Crippen LogP contribution < -0.4 is 0 Å². The van der Waals surface area contributed by atoms with Gasteiger partial charge in [-0.25, -0.2) is 9.98 Å². The van der Waals surface area contributed by atoms with Crippen LogP contribution in [-0.4, -0.2) is 28.6 Å². The second kappa shape index (κ2) is 2.06. The molecule has 0 atom stereocenters. The molecule has 1 aliphatic rings. The summed E-state index contributed by atoms with van der Waals surface area (Å²) in [5.41, 5.74) is 0.883. The molecule has 1 aromatic rings. The van der Waals surface area contributed by atoms with E-state index in [0.29, 0.717) is 6.54 Å². The van der Waals surface area contributed by atoms with Gasteiger partial charge in [-0.2, -0.15) is 0 Å². The second-order valence-electron chi connectivity index (χ2n) is 1.94. The number of H-pyrrole nitrogens is 1. The number of rotatable bonds is 1. The molecule has 2 heterocycles. The summed E-state index contributed by atoms with van der Waals surface area (Å²) in [7, 11) is 0. The van der Waals surface area contributed by atoms with E-state index in [9.17, 15) is 0 Å². The van der Waals surface area contributed by atoms with Crippen LogP contribution in [0, 0.1) is 0 Å². The van der Waals surface area contributed by atoms with Gasteiger partial charge in [0.1, 0.15) is 5.69 Å². The zero-order valence-electron chi connectivity index (χ0n) is 5.28. The van der Waals surface area contributed by atoms with Crippen LogP contribution in [0.4, 0.5) is 0 Å². The quantitative estimate of drug-likeness (QED) is 0.587. The molecule has 50 valence electrons. The third kappa shape index (κ3) is 0.737. The minimum atomic E-state index is 0.689. The molecule has 1 aliphatic heterocycles. The largest absolute Gasteiger partial charge is 0.342 e. The lowest BCUT2D eigenvalue weighted by Gasteiger charge is -1.87. The standard InChI is InChI=1S/C6H6N4/c1-2-9-6(8-1)5-3-7-4-10-5/h1,3-4H,2H2,(H,7,10). The number of hydrogen-bond donors (Lipinski definition) is 1. The van der Waals surface area contributed by atoms with Gasteiger partial charge >= 0.3 is 0 Å². The molecule has 0 bridgehead atoms. The molecule has 10 heavy (non-hydrogen) atoms. The Kier molecular flexibility index (Phi) is 1.10. The molecule has 0 fully saturated rings. The summed E-state index contributed by atoms with van der Waals surface area (Å²) in [5, 5.41) is 0. The molecule has 1 aromatic heterocycles. The van der Waals surface area contributed by atoms with E-state index < -0.39 is 0 Å². The third-order valence-electron chi connectivity index (χ3n) is 1.28. The molecule has 1 N–H and O–H groups in total. The normalized spacial score (nSPS) is 15.8. The Morgan fingerprint density at radius 3 is 3.10 bits per heavy atom. The molecule has 0 saturated carbocycles. The molecule has 4 heteroatoms. The number of nitrogens with one attached hydrogen (secondary N) is 1. The summed E-state index contributed by atoms with van der Waals surface area (Å²) in [6, 6.07) is 0. The van der Waals surface area contributed by atoms with Gasteiger partial charge in [-0.05, 0) is 0 Å². The van der Waals surface area contributed by atoms with Crippen LogP contribution in [-0.2, 0) is 0 Å². The van der Waals surface area contributed by atoms with Crippen LogP contribution in [0.5, 0.6) is 0 Å². The molecule has 0 radical (unpaired) electrons. The fourth-order valence-electron chi connectivity index (χ4n) is 0.828. The fourth-order valence-corrected chi connectivity index (χ4v) is 0.828. The number of nitrogens with zero attached hydrogens (tertiary/aromatic N) is 3. The number of amidine groups is 1. The Balaban J connectivity index is 2.36. The van der Waals surface area contributed by atoms with Crippen LogP contribution in [0.15, 0.2) is 22.5 Å². The van der Waals surface area contributed by atoms with Gasteiger partial charge < -0.3 is 4.98 Å². The number of aromatic amines is 1. The van der Waals surface area contributed by atoms with Crippen molar-refractivity contribution in [2.24, 2.45) is 9.98 Å². The first-order valence-electron chi connectivity index (χ1n) is 3.02. The predicted molar refractivity (Wildman–Crippen MR) is 38.5 cm³/mol. The highest BCUT2D eigenvalue weighted by Gasteiger charge is 2.04. The van der Waals surface area contributed by atoms with Crippen LogP contribution in [0.25, 0.3) is 0 Å². The van der Waals surface area contributed by atoms with Gasteiger partial charge in [0, 0.05) is 6.21 Å². The van der Waals surface area contributed by atoms with Crippen molar-refractivity contribution in [3.05, 3.63) is 18.2 Å². The maximum Gasteiger partial charge on any atom is 0.173 e. The van der Waals surface area contributed by atoms with Gasteiger partial charge in [-0.1, -0.05) is 0 Å². The molecule has 2 rings (SSSR count). The zero-order valence-corrected chi connectivity index (χ0v) is 5.28. The molecular formula is C6H6N4. The van der Waals surface area contributed by atoms with Crippen molar-refractivity contribution in [1.82, 2.24) is 9.97 Å². The summed E-state index contributed by atoms with van der Waals surface area (Å²) in [6.45, 7) is 0.689. The monoisotopic (exact) mass is 134 g/mol. The highest BCUT2D eigenvalue weighted by atomic mass is 15.0. The summed E-state index contributed by atoms with van der Waals surface area (Å²) >= 11 is 0. The first-order valence-corrected chi connectivity index (χ1v) is 3.02. The summed E-state index contributed by atoms with van der Waals surface area (Å²) in [6.07, 6.45) is 5.10. The van der Waals surface area contributed by atoms with E-state index in [-0.39, 0.29) is 0 Å². The molecule has 0 aromatic carbocycles. The van der Waals surface area contributed by atoms with E-state index in [4.69, 9.17) is 0 Å². The molecule has 0 saturated heterocycles. The number of imidazole rings is 1. The molecule has 0 spiro atoms. The highest BCUT2D eigenvalue weighted by Crippen LogP contribution is 1.99. The fraction of sp³-hybridized carbons (Fsp3) is 0.167. The van der Waals surface area contributed by atoms with Crippen LogP contribution in [0.3, 0.4) is 0 Å². The number of aromatic nitrogens is 2. The molecular weight excluding hydrogens is 128 g/mol. The summed E-state index contributed by atoms with van der Waals surface area (Å²) in [5.74, 6) is 0.748. The zero-order chi connectivity index (χ0) is 6.81. The topological polar surface area (TPSA) is 53.4 Å². The minimum absolute atomic E-state index is 0.689. The lowest BCUT2D eigenvalue weighted by molar-refractivity contribution is 1.29. The van der Waals surface area contributed by atoms with Gasteiger partial charge in [0.2, 0.25) is 0 Å².